The molecule has 0 bridgehead atoms. The van der Waals surface area contributed by atoms with E-state index in [-0.39, 0.29) is 5.56 Å². The Morgan fingerprint density at radius 3 is 2.62 bits per heavy atom. The van der Waals surface area contributed by atoms with Crippen molar-refractivity contribution in [3.63, 3.8) is 0 Å². The van der Waals surface area contributed by atoms with Crippen LogP contribution in [0.1, 0.15) is 23.4 Å². The van der Waals surface area contributed by atoms with E-state index in [0.29, 0.717) is 35.4 Å². The van der Waals surface area contributed by atoms with Gasteiger partial charge in [-0.3, -0.25) is 14.2 Å². The van der Waals surface area contributed by atoms with Gasteiger partial charge in [0.25, 0.3) is 11.5 Å². The predicted molar refractivity (Wildman–Crippen MR) is 125 cm³/mol. The quantitative estimate of drug-likeness (QED) is 0.552. The number of carbonyl (C=O) groups excluding carboxylic acids is 1. The molecule has 0 unspecified atom stereocenters. The summed E-state index contributed by atoms with van der Waals surface area (Å²) in [5.41, 5.74) is 3.67. The Morgan fingerprint density at radius 1 is 1.16 bits per heavy atom. The molecule has 1 aliphatic heterocycles. The minimum Gasteiger partial charge on any atom is -0.477 e. The lowest BCUT2D eigenvalue weighted by Gasteiger charge is -2.09. The van der Waals surface area contributed by atoms with Crippen LogP contribution in [0.5, 0.6) is 0 Å². The van der Waals surface area contributed by atoms with E-state index in [1.165, 1.54) is 12.1 Å². The van der Waals surface area contributed by atoms with E-state index in [9.17, 15) is 14.4 Å². The first kappa shape index (κ1) is 21.8. The van der Waals surface area contributed by atoms with Crippen molar-refractivity contribution in [2.75, 3.05) is 5.32 Å². The molecule has 0 fully saturated rings. The number of carboxylic acids is 1. The van der Waals surface area contributed by atoms with Crippen LogP contribution >= 0.6 is 23.2 Å². The highest BCUT2D eigenvalue weighted by molar-refractivity contribution is 6.54. The molecule has 1 aromatic heterocycles. The Labute approximate surface area is 192 Å². The minimum atomic E-state index is -1.51. The molecule has 4 rings (SSSR count). The van der Waals surface area contributed by atoms with Gasteiger partial charge in [-0.2, -0.15) is 0 Å². The lowest BCUT2D eigenvalue weighted by Crippen LogP contribution is -2.21. The molecule has 0 atom stereocenters. The van der Waals surface area contributed by atoms with Crippen LogP contribution < -0.4 is 10.9 Å². The van der Waals surface area contributed by atoms with Gasteiger partial charge in [-0.05, 0) is 54.3 Å². The van der Waals surface area contributed by atoms with Crippen molar-refractivity contribution in [1.29, 1.82) is 0 Å². The van der Waals surface area contributed by atoms with Crippen molar-refractivity contribution in [2.45, 2.75) is 19.9 Å². The molecule has 32 heavy (non-hydrogen) atoms. The highest BCUT2D eigenvalue weighted by atomic mass is 35.5. The maximum Gasteiger partial charge on any atom is 0.349 e. The standard InChI is InChI=1S/C23H17Cl2N3O4/c1-12-4-2-3-5-13(12)10-14-8-9-28-20(14)27-17-11-15(6-7-16(17)22(28)30)26-21(29)18(24)19(25)23(31)32/h2-7,10-11H,8-9H2,1H3,(H,26,29)(H,31,32)/b14-10?,19-18-. The number of aliphatic carboxylic acids is 1. The molecular formula is C23H17Cl2N3O4. The molecule has 3 aromatic rings. The van der Waals surface area contributed by atoms with Crippen molar-refractivity contribution >= 4 is 63.3 Å². The number of benzene rings is 2. The van der Waals surface area contributed by atoms with Gasteiger partial charge in [0.2, 0.25) is 0 Å². The second-order valence-corrected chi connectivity index (χ2v) is 8.04. The number of carboxylic acid groups (broad SMARTS) is 1. The molecule has 0 radical (unpaired) electrons. The number of fused-ring (bicyclic) bond motifs is 2. The summed E-state index contributed by atoms with van der Waals surface area (Å²) in [6.07, 6.45) is 2.72. The first-order valence-electron chi connectivity index (χ1n) is 9.67. The summed E-state index contributed by atoms with van der Waals surface area (Å²) in [5.74, 6) is -1.80. The fourth-order valence-corrected chi connectivity index (χ4v) is 3.76. The smallest absolute Gasteiger partial charge is 0.349 e. The number of aryl methyl sites for hydroxylation is 1. The van der Waals surface area contributed by atoms with E-state index in [1.807, 2.05) is 37.3 Å². The summed E-state index contributed by atoms with van der Waals surface area (Å²) in [4.78, 5) is 40.8. The number of rotatable bonds is 4. The predicted octanol–water partition coefficient (Wildman–Crippen LogP) is 4.36. The number of amides is 1. The van der Waals surface area contributed by atoms with Gasteiger partial charge in [-0.25, -0.2) is 9.78 Å². The normalized spacial score (nSPS) is 14.9. The molecule has 0 aliphatic carbocycles. The summed E-state index contributed by atoms with van der Waals surface area (Å²) in [7, 11) is 0. The minimum absolute atomic E-state index is 0.164. The average molecular weight is 470 g/mol. The van der Waals surface area contributed by atoms with Gasteiger partial charge < -0.3 is 10.4 Å². The first-order valence-corrected chi connectivity index (χ1v) is 10.4. The van der Waals surface area contributed by atoms with Gasteiger partial charge in [0.1, 0.15) is 15.9 Å². The summed E-state index contributed by atoms with van der Waals surface area (Å²) in [6.45, 7) is 2.56. The Morgan fingerprint density at radius 2 is 1.91 bits per heavy atom. The number of aromatic nitrogens is 2. The van der Waals surface area contributed by atoms with E-state index in [1.54, 1.807) is 10.6 Å². The van der Waals surface area contributed by atoms with Crippen LogP contribution in [-0.2, 0) is 16.1 Å². The van der Waals surface area contributed by atoms with Crippen molar-refractivity contribution < 1.29 is 14.7 Å². The second kappa shape index (κ2) is 8.61. The van der Waals surface area contributed by atoms with Crippen LogP contribution in [0.25, 0.3) is 22.6 Å². The maximum absolute atomic E-state index is 13.0. The molecule has 1 amide bonds. The third kappa shape index (κ3) is 4.04. The monoisotopic (exact) mass is 469 g/mol. The third-order valence-corrected chi connectivity index (χ3v) is 6.01. The molecular weight excluding hydrogens is 453 g/mol. The Balaban J connectivity index is 1.74. The van der Waals surface area contributed by atoms with E-state index in [0.717, 1.165) is 16.7 Å². The van der Waals surface area contributed by atoms with E-state index in [4.69, 9.17) is 28.3 Å². The van der Waals surface area contributed by atoms with Crippen molar-refractivity contribution in [3.8, 4) is 0 Å². The summed E-state index contributed by atoms with van der Waals surface area (Å²) < 4.78 is 1.65. The summed E-state index contributed by atoms with van der Waals surface area (Å²) in [5, 5.41) is 10.3. The van der Waals surface area contributed by atoms with E-state index in [2.05, 4.69) is 10.3 Å². The second-order valence-electron chi connectivity index (χ2n) is 7.29. The van der Waals surface area contributed by atoms with E-state index >= 15 is 0 Å². The van der Waals surface area contributed by atoms with Crippen LogP contribution in [-0.4, -0.2) is 26.5 Å². The zero-order valence-electron chi connectivity index (χ0n) is 16.9. The van der Waals surface area contributed by atoms with Crippen molar-refractivity contribution in [2.24, 2.45) is 0 Å². The van der Waals surface area contributed by atoms with Crippen LogP contribution in [0.15, 0.2) is 57.3 Å². The number of hydrogen-bond donors (Lipinski definition) is 2. The number of hydrogen-bond acceptors (Lipinski definition) is 4. The number of halogens is 2. The van der Waals surface area contributed by atoms with Gasteiger partial charge in [0, 0.05) is 12.2 Å². The molecule has 9 heteroatoms. The molecule has 2 N–H and O–H groups in total. The number of allylic oxidation sites excluding steroid dienone is 1. The van der Waals surface area contributed by atoms with Gasteiger partial charge in [0.05, 0.1) is 10.9 Å². The Bertz CT molecular complexity index is 1410. The fourth-order valence-electron chi connectivity index (χ4n) is 3.55. The van der Waals surface area contributed by atoms with Crippen molar-refractivity contribution in [1.82, 2.24) is 9.55 Å². The topological polar surface area (TPSA) is 101 Å². The number of nitrogens with one attached hydrogen (secondary N) is 1. The summed E-state index contributed by atoms with van der Waals surface area (Å²) >= 11 is 11.3. The lowest BCUT2D eigenvalue weighted by molar-refractivity contribution is -0.132. The highest BCUT2D eigenvalue weighted by Crippen LogP contribution is 2.29. The maximum atomic E-state index is 13.0. The highest BCUT2D eigenvalue weighted by Gasteiger charge is 2.22. The molecule has 0 spiro atoms. The molecule has 2 heterocycles. The zero-order chi connectivity index (χ0) is 23.0. The van der Waals surface area contributed by atoms with Gasteiger partial charge in [-0.1, -0.05) is 47.5 Å². The van der Waals surface area contributed by atoms with Gasteiger partial charge >= 0.3 is 5.97 Å². The third-order valence-electron chi connectivity index (χ3n) is 5.20. The number of carbonyl (C=O) groups is 2. The molecule has 7 nitrogen and oxygen atoms in total. The molecule has 0 saturated carbocycles. The molecule has 1 aliphatic rings. The Kier molecular flexibility index (Phi) is 5.86. The number of anilines is 1. The van der Waals surface area contributed by atoms with Gasteiger partial charge in [0.15, 0.2) is 0 Å². The lowest BCUT2D eigenvalue weighted by atomic mass is 10.0. The first-order chi connectivity index (χ1) is 15.3. The molecule has 162 valence electrons. The summed E-state index contributed by atoms with van der Waals surface area (Å²) in [6, 6.07) is 12.6. The van der Waals surface area contributed by atoms with Crippen LogP contribution in [0, 0.1) is 6.92 Å². The van der Waals surface area contributed by atoms with E-state index < -0.39 is 21.9 Å². The largest absolute Gasteiger partial charge is 0.477 e. The average Bonchev–Trinajstić information content (AvgIpc) is 3.17. The molecule has 0 saturated heterocycles. The van der Waals surface area contributed by atoms with Crippen LogP contribution in [0.4, 0.5) is 5.69 Å². The number of nitrogens with zero attached hydrogens (tertiary/aromatic N) is 2. The fraction of sp³-hybridized carbons (Fsp3) is 0.130. The Hall–Kier alpha value is -3.42. The van der Waals surface area contributed by atoms with Crippen LogP contribution in [0.3, 0.4) is 0 Å². The van der Waals surface area contributed by atoms with Crippen molar-refractivity contribution in [3.05, 3.63) is 79.8 Å². The molecule has 2 aromatic carbocycles. The SMILES string of the molecule is Cc1ccccc1C=C1CCn2c1nc1cc(NC(=O)/C(Cl)=C(/Cl)C(=O)O)ccc1c2=O. The van der Waals surface area contributed by atoms with Gasteiger partial charge in [-0.15, -0.1) is 0 Å². The van der Waals surface area contributed by atoms with Crippen LogP contribution in [0.2, 0.25) is 0 Å². The zero-order valence-corrected chi connectivity index (χ0v) is 18.4.